The zero-order valence-corrected chi connectivity index (χ0v) is 16.9. The molecule has 1 aromatic heterocycles. The van der Waals surface area contributed by atoms with Crippen LogP contribution in [0.4, 0.5) is 10.6 Å². The molecule has 2 amide bonds. The van der Waals surface area contributed by atoms with Crippen LogP contribution in [0.5, 0.6) is 0 Å². The van der Waals surface area contributed by atoms with E-state index in [-0.39, 0.29) is 35.3 Å². The molecule has 0 spiro atoms. The monoisotopic (exact) mass is 374 g/mol. The second kappa shape index (κ2) is 7.44. The first-order valence-electron chi connectivity index (χ1n) is 9.75. The average molecular weight is 374 g/mol. The van der Waals surface area contributed by atoms with Gasteiger partial charge in [-0.1, -0.05) is 34.6 Å². The van der Waals surface area contributed by atoms with Crippen molar-refractivity contribution >= 4 is 17.8 Å². The number of aromatic nitrogens is 2. The van der Waals surface area contributed by atoms with Crippen LogP contribution in [-0.2, 0) is 9.53 Å². The van der Waals surface area contributed by atoms with Crippen molar-refractivity contribution < 1.29 is 14.3 Å². The first kappa shape index (κ1) is 19.6. The summed E-state index contributed by atoms with van der Waals surface area (Å²) in [6.07, 6.45) is 4.77. The van der Waals surface area contributed by atoms with Crippen LogP contribution in [0, 0.1) is 11.3 Å². The van der Waals surface area contributed by atoms with Gasteiger partial charge in [-0.25, -0.2) is 9.78 Å². The van der Waals surface area contributed by atoms with Crippen LogP contribution >= 0.6 is 0 Å². The van der Waals surface area contributed by atoms with Crippen molar-refractivity contribution in [2.24, 2.45) is 11.3 Å². The molecule has 0 aromatic carbocycles. The lowest BCUT2D eigenvalue weighted by Crippen LogP contribution is -2.43. The fraction of sp³-hybridized carbons (Fsp3) is 0.700. The summed E-state index contributed by atoms with van der Waals surface area (Å²) >= 11 is 0. The molecule has 2 aliphatic rings. The Bertz CT molecular complexity index is 705. The summed E-state index contributed by atoms with van der Waals surface area (Å²) in [6.45, 7) is 11.8. The Labute approximate surface area is 161 Å². The number of amides is 2. The Morgan fingerprint density at radius 2 is 1.89 bits per heavy atom. The fourth-order valence-corrected chi connectivity index (χ4v) is 3.73. The summed E-state index contributed by atoms with van der Waals surface area (Å²) in [7, 11) is 0. The molecule has 0 radical (unpaired) electrons. The van der Waals surface area contributed by atoms with Crippen LogP contribution < -0.4 is 4.90 Å². The zero-order chi connectivity index (χ0) is 19.8. The largest absolute Gasteiger partial charge is 0.447 e. The van der Waals surface area contributed by atoms with Crippen molar-refractivity contribution in [3.05, 3.63) is 18.1 Å². The lowest BCUT2D eigenvalue weighted by molar-refractivity contribution is -0.140. The van der Waals surface area contributed by atoms with E-state index in [1.54, 1.807) is 17.3 Å². The number of hydrogen-bond acceptors (Lipinski definition) is 5. The molecule has 148 valence electrons. The minimum atomic E-state index is -0.356. The van der Waals surface area contributed by atoms with Gasteiger partial charge in [0.25, 0.3) is 0 Å². The maximum atomic E-state index is 12.5. The minimum absolute atomic E-state index is 0.0201. The van der Waals surface area contributed by atoms with Gasteiger partial charge in [-0.3, -0.25) is 14.7 Å². The number of carbonyl (C=O) groups is 2. The van der Waals surface area contributed by atoms with E-state index in [9.17, 15) is 9.59 Å². The van der Waals surface area contributed by atoms with Gasteiger partial charge in [-0.15, -0.1) is 0 Å². The molecule has 7 nitrogen and oxygen atoms in total. The summed E-state index contributed by atoms with van der Waals surface area (Å²) in [5.74, 6) is 1.27. The summed E-state index contributed by atoms with van der Waals surface area (Å²) in [6, 6.07) is -0.0201. The van der Waals surface area contributed by atoms with Crippen LogP contribution in [0.15, 0.2) is 12.4 Å². The smallest absolute Gasteiger partial charge is 0.415 e. The third-order valence-electron chi connectivity index (χ3n) is 5.40. The van der Waals surface area contributed by atoms with Crippen molar-refractivity contribution in [3.8, 4) is 0 Å². The highest BCUT2D eigenvalue weighted by Gasteiger charge is 2.38. The van der Waals surface area contributed by atoms with Crippen LogP contribution in [0.3, 0.4) is 0 Å². The topological polar surface area (TPSA) is 75.6 Å². The number of hydrogen-bond donors (Lipinski definition) is 0. The molecule has 0 bridgehead atoms. The van der Waals surface area contributed by atoms with Crippen LogP contribution in [-0.4, -0.2) is 52.6 Å². The second-order valence-electron chi connectivity index (χ2n) is 8.88. The Morgan fingerprint density at radius 1 is 1.22 bits per heavy atom. The van der Waals surface area contributed by atoms with E-state index in [0.717, 1.165) is 31.6 Å². The van der Waals surface area contributed by atoms with E-state index in [1.165, 1.54) is 0 Å². The lowest BCUT2D eigenvalue weighted by atomic mass is 9.90. The highest BCUT2D eigenvalue weighted by atomic mass is 16.6. The van der Waals surface area contributed by atoms with E-state index in [2.05, 4.69) is 18.8 Å². The minimum Gasteiger partial charge on any atom is -0.447 e. The molecule has 3 heterocycles. The molecule has 1 atom stereocenters. The highest BCUT2D eigenvalue weighted by Crippen LogP contribution is 2.31. The summed E-state index contributed by atoms with van der Waals surface area (Å²) in [4.78, 5) is 37.3. The first-order valence-corrected chi connectivity index (χ1v) is 9.75. The number of rotatable bonds is 3. The van der Waals surface area contributed by atoms with Gasteiger partial charge in [0.15, 0.2) is 5.82 Å². The van der Waals surface area contributed by atoms with Crippen molar-refractivity contribution in [3.63, 3.8) is 0 Å². The standard InChI is InChI=1S/C20H30N4O3/c1-13(2)16-12-27-19(26)24(16)17-11-21-10-15(22-17)14-6-8-23(9-7-14)18(25)20(3,4)5/h10-11,13-14,16H,6-9,12H2,1-5H3/t16-/m0/s1. The first-order chi connectivity index (χ1) is 12.7. The molecule has 0 unspecified atom stereocenters. The van der Waals surface area contributed by atoms with Crippen LogP contribution in [0.1, 0.15) is 59.1 Å². The molecule has 27 heavy (non-hydrogen) atoms. The predicted octanol–water partition coefficient (Wildman–Crippen LogP) is 3.21. The predicted molar refractivity (Wildman–Crippen MR) is 102 cm³/mol. The number of anilines is 1. The van der Waals surface area contributed by atoms with Crippen LogP contribution in [0.2, 0.25) is 0 Å². The quantitative estimate of drug-likeness (QED) is 0.812. The van der Waals surface area contributed by atoms with Gasteiger partial charge >= 0.3 is 6.09 Å². The van der Waals surface area contributed by atoms with Crippen molar-refractivity contribution in [1.29, 1.82) is 0 Å². The van der Waals surface area contributed by atoms with Gasteiger partial charge in [0, 0.05) is 30.6 Å². The Hall–Kier alpha value is -2.18. The maximum Gasteiger partial charge on any atom is 0.415 e. The SMILES string of the molecule is CC(C)[C@@H]1COC(=O)N1c1cncc(C2CCN(C(=O)C(C)(C)C)CC2)n1. The van der Waals surface area contributed by atoms with E-state index in [0.29, 0.717) is 12.4 Å². The van der Waals surface area contributed by atoms with Crippen molar-refractivity contribution in [2.75, 3.05) is 24.6 Å². The van der Waals surface area contributed by atoms with E-state index < -0.39 is 0 Å². The lowest BCUT2D eigenvalue weighted by Gasteiger charge is -2.35. The van der Waals surface area contributed by atoms with Crippen molar-refractivity contribution in [2.45, 2.75) is 59.4 Å². The van der Waals surface area contributed by atoms with Gasteiger partial charge in [0.2, 0.25) is 5.91 Å². The second-order valence-corrected chi connectivity index (χ2v) is 8.88. The van der Waals surface area contributed by atoms with E-state index in [1.807, 2.05) is 25.7 Å². The van der Waals surface area contributed by atoms with Crippen molar-refractivity contribution in [1.82, 2.24) is 14.9 Å². The molecular formula is C20H30N4O3. The fourth-order valence-electron chi connectivity index (χ4n) is 3.73. The molecule has 0 N–H and O–H groups in total. The maximum absolute atomic E-state index is 12.5. The number of cyclic esters (lactones) is 1. The Kier molecular flexibility index (Phi) is 5.40. The van der Waals surface area contributed by atoms with E-state index >= 15 is 0 Å². The molecule has 2 aliphatic heterocycles. The average Bonchev–Trinajstić information content (AvgIpc) is 3.02. The normalized spacial score (nSPS) is 21.7. The van der Waals surface area contributed by atoms with Gasteiger partial charge < -0.3 is 9.64 Å². The Balaban J connectivity index is 1.72. The molecule has 0 aliphatic carbocycles. The third kappa shape index (κ3) is 4.06. The third-order valence-corrected chi connectivity index (χ3v) is 5.40. The van der Waals surface area contributed by atoms with Gasteiger partial charge in [0.1, 0.15) is 6.61 Å². The molecule has 2 fully saturated rings. The van der Waals surface area contributed by atoms with E-state index in [4.69, 9.17) is 9.72 Å². The molecule has 1 aromatic rings. The van der Waals surface area contributed by atoms with Gasteiger partial charge in [-0.05, 0) is 18.8 Å². The Morgan fingerprint density at radius 3 is 2.48 bits per heavy atom. The number of piperidine rings is 1. The molecule has 0 saturated carbocycles. The van der Waals surface area contributed by atoms with Gasteiger partial charge in [-0.2, -0.15) is 0 Å². The molecule has 2 saturated heterocycles. The number of carbonyl (C=O) groups excluding carboxylic acids is 2. The molecular weight excluding hydrogens is 344 g/mol. The highest BCUT2D eigenvalue weighted by molar-refractivity contribution is 5.89. The van der Waals surface area contributed by atoms with Crippen LogP contribution in [0.25, 0.3) is 0 Å². The molecule has 3 rings (SSSR count). The number of nitrogens with zero attached hydrogens (tertiary/aromatic N) is 4. The molecule has 7 heteroatoms. The number of ether oxygens (including phenoxy) is 1. The van der Waals surface area contributed by atoms with Gasteiger partial charge in [0.05, 0.1) is 17.9 Å². The summed E-state index contributed by atoms with van der Waals surface area (Å²) in [5, 5.41) is 0. The zero-order valence-electron chi connectivity index (χ0n) is 16.9. The number of likely N-dealkylation sites (tertiary alicyclic amines) is 1. The summed E-state index contributed by atoms with van der Waals surface area (Å²) < 4.78 is 5.23. The summed E-state index contributed by atoms with van der Waals surface area (Å²) in [5.41, 5.74) is 0.534.